The van der Waals surface area contributed by atoms with Gasteiger partial charge in [-0.05, 0) is 37.3 Å². The zero-order valence-corrected chi connectivity index (χ0v) is 9.86. The third kappa shape index (κ3) is 2.67. The van der Waals surface area contributed by atoms with Crippen molar-refractivity contribution in [2.45, 2.75) is 32.1 Å². The summed E-state index contributed by atoms with van der Waals surface area (Å²) < 4.78 is 13.4. The first-order valence-corrected chi connectivity index (χ1v) is 5.94. The van der Waals surface area contributed by atoms with Crippen LogP contribution in [0.2, 0.25) is 0 Å². The van der Waals surface area contributed by atoms with Crippen molar-refractivity contribution in [3.8, 4) is 5.75 Å². The summed E-state index contributed by atoms with van der Waals surface area (Å²) in [6, 6.07) is 2.34. The molecule has 1 aliphatic rings. The number of nitrogens with zero attached hydrogens (tertiary/aromatic N) is 1. The molecule has 5 heteroatoms. The van der Waals surface area contributed by atoms with Gasteiger partial charge >= 0.3 is 5.69 Å². The Kier molecular flexibility index (Phi) is 3.60. The van der Waals surface area contributed by atoms with Gasteiger partial charge in [0.2, 0.25) is 5.75 Å². The smallest absolute Gasteiger partial charge is 0.314 e. The Morgan fingerprint density at radius 1 is 1.28 bits per heavy atom. The summed E-state index contributed by atoms with van der Waals surface area (Å²) in [6.45, 7) is 0. The van der Waals surface area contributed by atoms with Crippen molar-refractivity contribution in [3.05, 3.63) is 39.2 Å². The summed E-state index contributed by atoms with van der Waals surface area (Å²) in [5, 5.41) is 19.9. The molecule has 1 fully saturated rings. The van der Waals surface area contributed by atoms with Crippen LogP contribution in [-0.4, -0.2) is 10.0 Å². The molecule has 0 spiro atoms. The largest absolute Gasteiger partial charge is 0.500 e. The first-order chi connectivity index (χ1) is 8.58. The number of phenols is 1. The number of hydrogen-bond donors (Lipinski definition) is 1. The molecule has 0 bridgehead atoms. The van der Waals surface area contributed by atoms with Gasteiger partial charge in [0, 0.05) is 6.07 Å². The monoisotopic (exact) mass is 251 g/mol. The number of hydrogen-bond acceptors (Lipinski definition) is 3. The number of allylic oxidation sites excluding steroid dienone is 1. The van der Waals surface area contributed by atoms with Gasteiger partial charge in [-0.3, -0.25) is 10.1 Å². The van der Waals surface area contributed by atoms with Crippen molar-refractivity contribution in [2.75, 3.05) is 0 Å². The van der Waals surface area contributed by atoms with E-state index in [1.165, 1.54) is 18.1 Å². The number of nitro benzene ring substituents is 1. The van der Waals surface area contributed by atoms with Crippen molar-refractivity contribution in [3.63, 3.8) is 0 Å². The average Bonchev–Trinajstić information content (AvgIpc) is 2.34. The van der Waals surface area contributed by atoms with E-state index in [4.69, 9.17) is 0 Å². The predicted molar refractivity (Wildman–Crippen MR) is 65.8 cm³/mol. The number of benzene rings is 1. The quantitative estimate of drug-likeness (QED) is 0.642. The first-order valence-electron chi connectivity index (χ1n) is 5.94. The SMILES string of the molecule is O=[N+]([O-])c1cc(C=C2CCCCC2)cc(F)c1O. The minimum Gasteiger partial charge on any atom is -0.500 e. The van der Waals surface area contributed by atoms with Gasteiger partial charge in [0.1, 0.15) is 0 Å². The van der Waals surface area contributed by atoms with Crippen molar-refractivity contribution in [1.29, 1.82) is 0 Å². The van der Waals surface area contributed by atoms with Crippen molar-refractivity contribution in [1.82, 2.24) is 0 Å². The second-order valence-corrected chi connectivity index (χ2v) is 4.49. The Balaban J connectivity index is 2.36. The minimum absolute atomic E-state index is 0.439. The Labute approximate surface area is 104 Å². The maximum absolute atomic E-state index is 13.4. The van der Waals surface area contributed by atoms with E-state index in [9.17, 15) is 19.6 Å². The maximum Gasteiger partial charge on any atom is 0.314 e. The zero-order valence-electron chi connectivity index (χ0n) is 9.86. The maximum atomic E-state index is 13.4. The number of nitro groups is 1. The van der Waals surface area contributed by atoms with E-state index in [1.807, 2.05) is 0 Å². The lowest BCUT2D eigenvalue weighted by atomic mass is 9.93. The topological polar surface area (TPSA) is 63.4 Å². The average molecular weight is 251 g/mol. The molecule has 0 atom stereocenters. The van der Waals surface area contributed by atoms with E-state index in [2.05, 4.69) is 0 Å². The minimum atomic E-state index is -0.952. The molecule has 96 valence electrons. The summed E-state index contributed by atoms with van der Waals surface area (Å²) in [5.41, 5.74) is 1.03. The summed E-state index contributed by atoms with van der Waals surface area (Å²) in [6.07, 6.45) is 7.10. The van der Waals surface area contributed by atoms with E-state index in [0.717, 1.165) is 31.7 Å². The summed E-state index contributed by atoms with van der Waals surface area (Å²) in [4.78, 5) is 9.90. The van der Waals surface area contributed by atoms with E-state index in [-0.39, 0.29) is 0 Å². The van der Waals surface area contributed by atoms with Gasteiger partial charge in [-0.25, -0.2) is 4.39 Å². The number of rotatable bonds is 2. The molecule has 0 saturated heterocycles. The normalized spacial score (nSPS) is 15.5. The van der Waals surface area contributed by atoms with E-state index >= 15 is 0 Å². The fourth-order valence-corrected chi connectivity index (χ4v) is 2.21. The van der Waals surface area contributed by atoms with Gasteiger partial charge < -0.3 is 5.11 Å². The van der Waals surface area contributed by atoms with Crippen molar-refractivity contribution in [2.24, 2.45) is 0 Å². The van der Waals surface area contributed by atoms with Gasteiger partial charge in [0.15, 0.2) is 5.82 Å². The highest BCUT2D eigenvalue weighted by Crippen LogP contribution is 2.32. The highest BCUT2D eigenvalue weighted by molar-refractivity contribution is 5.60. The lowest BCUT2D eigenvalue weighted by Crippen LogP contribution is -1.95. The molecule has 1 saturated carbocycles. The number of aromatic hydroxyl groups is 1. The van der Waals surface area contributed by atoms with Gasteiger partial charge in [-0.15, -0.1) is 0 Å². The van der Waals surface area contributed by atoms with Crippen LogP contribution in [0.15, 0.2) is 17.7 Å². The molecule has 1 aliphatic carbocycles. The van der Waals surface area contributed by atoms with E-state index in [0.29, 0.717) is 5.56 Å². The third-order valence-electron chi connectivity index (χ3n) is 3.13. The Bertz CT molecular complexity index is 503. The van der Waals surface area contributed by atoms with Crippen LogP contribution in [0.4, 0.5) is 10.1 Å². The second kappa shape index (κ2) is 5.16. The van der Waals surface area contributed by atoms with E-state index < -0.39 is 22.2 Å². The molecule has 0 aliphatic heterocycles. The zero-order chi connectivity index (χ0) is 13.1. The highest BCUT2D eigenvalue weighted by atomic mass is 19.1. The van der Waals surface area contributed by atoms with Crippen molar-refractivity contribution >= 4 is 11.8 Å². The molecular formula is C13H14FNO3. The standard InChI is InChI=1S/C13H14FNO3/c14-11-7-10(6-9-4-2-1-3-5-9)8-12(13(11)16)15(17)18/h6-8,16H,1-5H2. The molecule has 1 aromatic carbocycles. The highest BCUT2D eigenvalue weighted by Gasteiger charge is 2.19. The second-order valence-electron chi connectivity index (χ2n) is 4.49. The van der Waals surface area contributed by atoms with Crippen LogP contribution in [0.5, 0.6) is 5.75 Å². The molecule has 1 aromatic rings. The molecule has 4 nitrogen and oxygen atoms in total. The lowest BCUT2D eigenvalue weighted by molar-refractivity contribution is -0.386. The van der Waals surface area contributed by atoms with Crippen LogP contribution < -0.4 is 0 Å². The van der Waals surface area contributed by atoms with Crippen molar-refractivity contribution < 1.29 is 14.4 Å². The molecule has 0 amide bonds. The molecule has 0 aromatic heterocycles. The number of phenolic OH excluding ortho intramolecular Hbond substituents is 1. The van der Waals surface area contributed by atoms with Crippen LogP contribution in [0.3, 0.4) is 0 Å². The fourth-order valence-electron chi connectivity index (χ4n) is 2.21. The molecule has 2 rings (SSSR count). The van der Waals surface area contributed by atoms with E-state index in [1.54, 1.807) is 6.08 Å². The molecule has 0 unspecified atom stereocenters. The van der Waals surface area contributed by atoms with Gasteiger partial charge in [-0.1, -0.05) is 18.1 Å². The first kappa shape index (κ1) is 12.5. The van der Waals surface area contributed by atoms with Crippen LogP contribution in [0.25, 0.3) is 6.08 Å². The Hall–Kier alpha value is -1.91. The molecule has 0 radical (unpaired) electrons. The van der Waals surface area contributed by atoms with Gasteiger partial charge in [0.25, 0.3) is 0 Å². The van der Waals surface area contributed by atoms with Crippen LogP contribution in [0.1, 0.15) is 37.7 Å². The molecule has 0 heterocycles. The van der Waals surface area contributed by atoms with Gasteiger partial charge in [-0.2, -0.15) is 0 Å². The fraction of sp³-hybridized carbons (Fsp3) is 0.385. The van der Waals surface area contributed by atoms with Crippen LogP contribution in [-0.2, 0) is 0 Å². The summed E-state index contributed by atoms with van der Waals surface area (Å²) in [5.74, 6) is -1.85. The van der Waals surface area contributed by atoms with Crippen LogP contribution in [0, 0.1) is 15.9 Å². The third-order valence-corrected chi connectivity index (χ3v) is 3.13. The molecular weight excluding hydrogens is 237 g/mol. The molecule has 1 N–H and O–H groups in total. The Morgan fingerprint density at radius 2 is 1.94 bits per heavy atom. The number of halogens is 1. The van der Waals surface area contributed by atoms with Gasteiger partial charge in [0.05, 0.1) is 4.92 Å². The molecule has 18 heavy (non-hydrogen) atoms. The predicted octanol–water partition coefficient (Wildman–Crippen LogP) is 3.79. The Morgan fingerprint density at radius 3 is 2.56 bits per heavy atom. The summed E-state index contributed by atoms with van der Waals surface area (Å²) in [7, 11) is 0. The lowest BCUT2D eigenvalue weighted by Gasteiger charge is -2.13. The van der Waals surface area contributed by atoms with Crippen LogP contribution >= 0.6 is 0 Å². The summed E-state index contributed by atoms with van der Waals surface area (Å²) >= 11 is 0.